The van der Waals surface area contributed by atoms with Crippen LogP contribution in [0, 0.1) is 18.8 Å². The fourth-order valence-corrected chi connectivity index (χ4v) is 12.4. The summed E-state index contributed by atoms with van der Waals surface area (Å²) in [6, 6.07) is 3.06. The van der Waals surface area contributed by atoms with Gasteiger partial charge in [0, 0.05) is 77.6 Å². The van der Waals surface area contributed by atoms with E-state index in [4.69, 9.17) is 66.3 Å². The fourth-order valence-electron chi connectivity index (χ4n) is 12.4. The van der Waals surface area contributed by atoms with Crippen molar-refractivity contribution < 1.29 is 121 Å². The van der Waals surface area contributed by atoms with Gasteiger partial charge in [-0.15, -0.1) is 0 Å². The van der Waals surface area contributed by atoms with E-state index in [1.54, 1.807) is 34.6 Å². The number of aliphatic hydroxyl groups excluding tert-OH is 5. The van der Waals surface area contributed by atoms with Crippen LogP contribution in [0.1, 0.15) is 116 Å². The standard InChI is InChI=1S/C57H82O25/c1-21-13-39(73-26(6)53(21)76-29(9)59)79-36-18-41(71-24(4)48(36)64)80-37-19-43(72-25(5)49(37)65)82-57-33(56(70-12)52(68)47(63)23(3)58)15-31-14-32-16-35(22(2)46(62)44(32)50(66)45(31)51(57)67)78-42-20-38(55(28(8)75-42)77-30(10)60)81-40-17-34(61)54(69-11)27(7)74-40/h14,16,21,23-28,33-34,36-43,47-49,53-58,61-66H,13,15,17-20H2,1-12H3/t21-,23+,24?,25?,26?,27?,28?,33-,34+,36+,37+,38+,39-,40+,41-,42-,43-,47-,48+,49+,53+,54-,55-,56?,57-/m0/s1. The number of esters is 2. The van der Waals surface area contributed by atoms with E-state index in [1.165, 1.54) is 54.0 Å². The Labute approximate surface area is 475 Å². The highest BCUT2D eigenvalue weighted by Crippen LogP contribution is 2.48. The van der Waals surface area contributed by atoms with Crippen LogP contribution in [0.4, 0.5) is 0 Å². The molecule has 5 saturated heterocycles. The molecule has 0 aromatic heterocycles. The second-order valence-electron chi connectivity index (χ2n) is 22.8. The molecule has 0 radical (unpaired) electrons. The predicted molar refractivity (Wildman–Crippen MR) is 281 cm³/mol. The lowest BCUT2D eigenvalue weighted by Gasteiger charge is -2.45. The molecule has 5 heterocycles. The minimum atomic E-state index is -1.95. The molecule has 0 bridgehead atoms. The lowest BCUT2D eigenvalue weighted by atomic mass is 9.75. The predicted octanol–water partition coefficient (Wildman–Crippen LogP) is 2.43. The van der Waals surface area contributed by atoms with Crippen molar-refractivity contribution in [1.82, 2.24) is 0 Å². The van der Waals surface area contributed by atoms with Gasteiger partial charge >= 0.3 is 11.9 Å². The van der Waals surface area contributed by atoms with Crippen molar-refractivity contribution in [3.63, 3.8) is 0 Å². The SMILES string of the molecule is COC(C(=O)[C@@H](O)[C@@H](C)O)[C@@H]1Cc2cc3cc(O[C@H]4C[C@@H](O[C@@H]5C[C@@H](O)[C@@H](OC)C(C)O5)[C@@H](OC(C)=O)C(C)O4)c(C)c(O)c3c(O)c2C(=O)[C@H]1O[C@H]1C[C@@H](O[C@H]2C[C@@H](O[C@H]3C[C@H](C)[C@@H](OC(C)=O)C(C)O3)[C@H](O)C(C)O2)[C@H](O)C(C)O1. The summed E-state index contributed by atoms with van der Waals surface area (Å²) in [5, 5.41) is 78.9. The zero-order valence-electron chi connectivity index (χ0n) is 48.3. The molecule has 25 atom stereocenters. The molecule has 6 aliphatic rings. The maximum Gasteiger partial charge on any atom is 0.303 e. The summed E-state index contributed by atoms with van der Waals surface area (Å²) in [6.45, 7) is 15.6. The van der Waals surface area contributed by atoms with Crippen molar-refractivity contribution in [2.45, 2.75) is 249 Å². The third kappa shape index (κ3) is 13.7. The summed E-state index contributed by atoms with van der Waals surface area (Å²) in [7, 11) is 2.66. The van der Waals surface area contributed by atoms with Crippen molar-refractivity contribution in [2.75, 3.05) is 14.2 Å². The van der Waals surface area contributed by atoms with Crippen LogP contribution in [0.3, 0.4) is 0 Å². The van der Waals surface area contributed by atoms with E-state index < -0.39 is 182 Å². The Morgan fingerprint density at radius 1 is 0.634 bits per heavy atom. The number of carbonyl (C=O) groups excluding carboxylic acids is 4. The molecule has 8 rings (SSSR count). The molecule has 0 spiro atoms. The van der Waals surface area contributed by atoms with Crippen LogP contribution >= 0.6 is 0 Å². The van der Waals surface area contributed by atoms with Crippen LogP contribution in [0.5, 0.6) is 17.2 Å². The highest BCUT2D eigenvalue weighted by molar-refractivity contribution is 6.11. The molecule has 0 amide bonds. The van der Waals surface area contributed by atoms with Gasteiger partial charge in [-0.25, -0.2) is 0 Å². The van der Waals surface area contributed by atoms with Crippen molar-refractivity contribution in [2.24, 2.45) is 11.8 Å². The number of aromatic hydroxyl groups is 2. The van der Waals surface area contributed by atoms with Crippen molar-refractivity contribution in [1.29, 1.82) is 0 Å². The number of fused-ring (bicyclic) bond motifs is 2. The molecule has 2 aromatic carbocycles. The maximum atomic E-state index is 15.1. The highest BCUT2D eigenvalue weighted by atomic mass is 16.7. The summed E-state index contributed by atoms with van der Waals surface area (Å²) in [4.78, 5) is 53.1. The molecule has 7 N–H and O–H groups in total. The van der Waals surface area contributed by atoms with E-state index in [0.29, 0.717) is 6.42 Å². The van der Waals surface area contributed by atoms with Gasteiger partial charge in [-0.2, -0.15) is 0 Å². The van der Waals surface area contributed by atoms with Gasteiger partial charge in [0.1, 0.15) is 66.1 Å². The summed E-state index contributed by atoms with van der Waals surface area (Å²) in [5.41, 5.74) is 0.0805. The van der Waals surface area contributed by atoms with Gasteiger partial charge in [-0.05, 0) is 78.0 Å². The number of aliphatic hydroxyl groups is 5. The van der Waals surface area contributed by atoms with Gasteiger partial charge in [0.25, 0.3) is 0 Å². The van der Waals surface area contributed by atoms with E-state index >= 15 is 4.79 Å². The first kappa shape index (κ1) is 63.8. The number of benzene rings is 2. The van der Waals surface area contributed by atoms with Crippen LogP contribution in [0.15, 0.2) is 12.1 Å². The molecular formula is C57H82O25. The number of Topliss-reactive ketones (excluding diaryl/α,β-unsaturated/α-hetero) is 2. The zero-order valence-corrected chi connectivity index (χ0v) is 48.3. The monoisotopic (exact) mass is 1170 g/mol. The number of ether oxygens (including phenoxy) is 14. The summed E-state index contributed by atoms with van der Waals surface area (Å²) >= 11 is 0. The average molecular weight is 1170 g/mol. The highest BCUT2D eigenvalue weighted by Gasteiger charge is 2.51. The number of hydrogen-bond donors (Lipinski definition) is 7. The van der Waals surface area contributed by atoms with Crippen molar-refractivity contribution in [3.8, 4) is 17.2 Å². The first-order valence-electron chi connectivity index (χ1n) is 28.1. The molecule has 2 aromatic rings. The largest absolute Gasteiger partial charge is 0.507 e. The van der Waals surface area contributed by atoms with E-state index in [-0.39, 0.29) is 71.2 Å². The van der Waals surface area contributed by atoms with Crippen LogP contribution in [-0.4, -0.2) is 215 Å². The van der Waals surface area contributed by atoms with Gasteiger partial charge in [-0.3, -0.25) is 19.2 Å². The first-order chi connectivity index (χ1) is 38.7. The minimum Gasteiger partial charge on any atom is -0.507 e. The van der Waals surface area contributed by atoms with E-state index in [1.807, 2.05) is 6.92 Å². The third-order valence-electron chi connectivity index (χ3n) is 16.6. The Balaban J connectivity index is 1.04. The van der Waals surface area contributed by atoms with Gasteiger partial charge in [0.15, 0.2) is 42.8 Å². The van der Waals surface area contributed by atoms with Crippen molar-refractivity contribution in [3.05, 3.63) is 28.8 Å². The number of rotatable bonds is 18. The molecule has 0 saturated carbocycles. The van der Waals surface area contributed by atoms with E-state index in [9.17, 15) is 50.1 Å². The first-order valence-corrected chi connectivity index (χ1v) is 28.1. The summed E-state index contributed by atoms with van der Waals surface area (Å²) in [5.74, 6) is -5.19. The third-order valence-corrected chi connectivity index (χ3v) is 16.6. The molecular weight excluding hydrogens is 1080 g/mol. The molecule has 460 valence electrons. The van der Waals surface area contributed by atoms with Gasteiger partial charge < -0.3 is 102 Å². The van der Waals surface area contributed by atoms with Gasteiger partial charge in [0.05, 0.1) is 65.9 Å². The Kier molecular flexibility index (Phi) is 20.7. The molecule has 5 fully saturated rings. The Morgan fingerprint density at radius 3 is 1.68 bits per heavy atom. The topological polar surface area (TPSA) is 339 Å². The quantitative estimate of drug-likeness (QED) is 0.105. The average Bonchev–Trinajstić information content (AvgIpc) is 3.47. The van der Waals surface area contributed by atoms with Gasteiger partial charge in [0.2, 0.25) is 6.29 Å². The molecule has 1 aliphatic carbocycles. The Bertz CT molecular complexity index is 2550. The molecule has 82 heavy (non-hydrogen) atoms. The molecule has 25 heteroatoms. The number of phenolic OH excluding ortho intramolecular Hbond substituents is 2. The molecule has 5 aliphatic heterocycles. The van der Waals surface area contributed by atoms with Crippen LogP contribution in [-0.2, 0) is 82.4 Å². The van der Waals surface area contributed by atoms with Gasteiger partial charge in [-0.1, -0.05) is 6.92 Å². The van der Waals surface area contributed by atoms with E-state index in [2.05, 4.69) is 0 Å². The number of phenols is 2. The molecule has 6 unspecified atom stereocenters. The second kappa shape index (κ2) is 26.6. The van der Waals surface area contributed by atoms with Crippen LogP contribution in [0.25, 0.3) is 10.8 Å². The maximum absolute atomic E-state index is 15.1. The second-order valence-corrected chi connectivity index (χ2v) is 22.8. The summed E-state index contributed by atoms with van der Waals surface area (Å²) in [6.07, 6.45) is -23.6. The smallest absolute Gasteiger partial charge is 0.303 e. The zero-order chi connectivity index (χ0) is 59.9. The fraction of sp³-hybridized carbons (Fsp3) is 0.754. The lowest BCUT2D eigenvalue weighted by Crippen LogP contribution is -2.56. The van der Waals surface area contributed by atoms with Crippen LogP contribution < -0.4 is 4.74 Å². The Hall–Kier alpha value is -4.26. The summed E-state index contributed by atoms with van der Waals surface area (Å²) < 4.78 is 84.7. The van der Waals surface area contributed by atoms with Crippen LogP contribution in [0.2, 0.25) is 0 Å². The Morgan fingerprint density at radius 2 is 1.13 bits per heavy atom. The number of ketones is 2. The number of carbonyl (C=O) groups is 4. The normalized spacial score (nSPS) is 39.2. The van der Waals surface area contributed by atoms with Crippen molar-refractivity contribution >= 4 is 34.3 Å². The lowest BCUT2D eigenvalue weighted by molar-refractivity contribution is -0.328. The minimum absolute atomic E-state index is 0.00133. The molecule has 25 nitrogen and oxygen atoms in total. The number of hydrogen-bond acceptors (Lipinski definition) is 25. The number of methoxy groups -OCH3 is 2. The van der Waals surface area contributed by atoms with E-state index in [0.717, 1.165) is 0 Å².